The molecule has 1 saturated heterocycles. The Labute approximate surface area is 169 Å². The first-order valence-electron chi connectivity index (χ1n) is 9.78. The molecular weight excluding hydrogens is 366 g/mol. The standard InChI is InChI=1S/C21H23N7O/c1-28(16-9-14-3-4-15(10-16)24-14)20-8-7-19(26-27-20)18-6-5-17(21(25-18)29-2)13-11-22-23-12-13/h3,5-8,11-12,15-16,24H,4,9-10H2,1-2H3,(H,22,23)/t15-,16+/m1/s1. The second-order valence-corrected chi connectivity index (χ2v) is 7.53. The second kappa shape index (κ2) is 7.20. The third-order valence-electron chi connectivity index (χ3n) is 5.74. The number of fused-ring (bicyclic) bond motifs is 2. The van der Waals surface area contributed by atoms with Crippen molar-refractivity contribution >= 4 is 5.82 Å². The van der Waals surface area contributed by atoms with E-state index in [0.29, 0.717) is 23.7 Å². The van der Waals surface area contributed by atoms with E-state index in [1.54, 1.807) is 13.3 Å². The monoisotopic (exact) mass is 389 g/mol. The minimum Gasteiger partial charge on any atom is -0.481 e. The molecule has 0 aliphatic carbocycles. The Bertz CT molecular complexity index is 1030. The smallest absolute Gasteiger partial charge is 0.221 e. The third-order valence-corrected chi connectivity index (χ3v) is 5.74. The van der Waals surface area contributed by atoms with Gasteiger partial charge in [-0.25, -0.2) is 4.98 Å². The summed E-state index contributed by atoms with van der Waals surface area (Å²) in [5, 5.41) is 19.3. The first kappa shape index (κ1) is 17.7. The Morgan fingerprint density at radius 1 is 1.14 bits per heavy atom. The lowest BCUT2D eigenvalue weighted by Gasteiger charge is -2.35. The number of methoxy groups -OCH3 is 1. The Kier molecular flexibility index (Phi) is 4.38. The van der Waals surface area contributed by atoms with Crippen molar-refractivity contribution < 1.29 is 4.74 Å². The van der Waals surface area contributed by atoms with E-state index in [1.165, 1.54) is 5.70 Å². The van der Waals surface area contributed by atoms with Crippen LogP contribution >= 0.6 is 0 Å². The molecule has 0 unspecified atom stereocenters. The average molecular weight is 389 g/mol. The fourth-order valence-electron chi connectivity index (χ4n) is 4.12. The van der Waals surface area contributed by atoms with E-state index in [-0.39, 0.29) is 0 Å². The van der Waals surface area contributed by atoms with E-state index in [4.69, 9.17) is 4.74 Å². The highest BCUT2D eigenvalue weighted by atomic mass is 16.5. The van der Waals surface area contributed by atoms with Crippen molar-refractivity contribution in [1.29, 1.82) is 0 Å². The van der Waals surface area contributed by atoms with Crippen LogP contribution in [-0.4, -0.2) is 51.6 Å². The summed E-state index contributed by atoms with van der Waals surface area (Å²) >= 11 is 0. The zero-order valence-electron chi connectivity index (χ0n) is 16.5. The molecule has 3 aromatic heterocycles. The van der Waals surface area contributed by atoms with Crippen LogP contribution in [0.4, 0.5) is 5.82 Å². The van der Waals surface area contributed by atoms with Gasteiger partial charge in [0, 0.05) is 48.6 Å². The SMILES string of the molecule is COc1nc(-c2ccc(N(C)[C@H]3CC4=CC[C@H](C3)N4)nn2)ccc1-c1cn[nH]c1. The van der Waals surface area contributed by atoms with Gasteiger partial charge in [-0.15, -0.1) is 10.2 Å². The van der Waals surface area contributed by atoms with Gasteiger partial charge in [-0.05, 0) is 37.1 Å². The number of hydrogen-bond donors (Lipinski definition) is 2. The fourth-order valence-corrected chi connectivity index (χ4v) is 4.12. The molecule has 5 rings (SSSR count). The number of H-pyrrole nitrogens is 1. The van der Waals surface area contributed by atoms with Gasteiger partial charge in [0.25, 0.3) is 0 Å². The second-order valence-electron chi connectivity index (χ2n) is 7.53. The zero-order valence-corrected chi connectivity index (χ0v) is 16.5. The van der Waals surface area contributed by atoms with Gasteiger partial charge in [0.1, 0.15) is 5.69 Å². The molecule has 2 aliphatic rings. The van der Waals surface area contributed by atoms with Gasteiger partial charge in [-0.2, -0.15) is 5.10 Å². The third kappa shape index (κ3) is 3.30. The molecule has 2 bridgehead atoms. The van der Waals surface area contributed by atoms with E-state index >= 15 is 0 Å². The molecule has 2 N–H and O–H groups in total. The lowest BCUT2D eigenvalue weighted by Crippen LogP contribution is -2.43. The number of ether oxygens (including phenoxy) is 1. The highest BCUT2D eigenvalue weighted by Crippen LogP contribution is 2.32. The lowest BCUT2D eigenvalue weighted by atomic mass is 9.99. The van der Waals surface area contributed by atoms with E-state index < -0.39 is 0 Å². The topological polar surface area (TPSA) is 91.8 Å². The van der Waals surface area contributed by atoms with Crippen LogP contribution in [0.2, 0.25) is 0 Å². The molecule has 0 radical (unpaired) electrons. The van der Waals surface area contributed by atoms with Crippen LogP contribution in [-0.2, 0) is 0 Å². The summed E-state index contributed by atoms with van der Waals surface area (Å²) in [6, 6.07) is 8.87. The summed E-state index contributed by atoms with van der Waals surface area (Å²) in [6.07, 6.45) is 9.16. The number of hydrogen-bond acceptors (Lipinski definition) is 7. The van der Waals surface area contributed by atoms with Crippen molar-refractivity contribution in [3.8, 4) is 28.4 Å². The number of piperidine rings is 1. The van der Waals surface area contributed by atoms with Gasteiger partial charge in [0.05, 0.1) is 19.0 Å². The maximum Gasteiger partial charge on any atom is 0.221 e. The van der Waals surface area contributed by atoms with Crippen LogP contribution in [0.25, 0.3) is 22.5 Å². The Hall–Kier alpha value is -3.42. The molecule has 0 amide bonds. The number of rotatable bonds is 5. The molecule has 8 nitrogen and oxygen atoms in total. The van der Waals surface area contributed by atoms with Crippen molar-refractivity contribution in [3.05, 3.63) is 48.4 Å². The van der Waals surface area contributed by atoms with Crippen LogP contribution in [0.3, 0.4) is 0 Å². The molecule has 0 aromatic carbocycles. The summed E-state index contributed by atoms with van der Waals surface area (Å²) in [4.78, 5) is 6.85. The summed E-state index contributed by atoms with van der Waals surface area (Å²) in [5.74, 6) is 1.41. The van der Waals surface area contributed by atoms with Gasteiger partial charge in [-0.3, -0.25) is 5.10 Å². The molecule has 0 saturated carbocycles. The number of nitrogens with one attached hydrogen (secondary N) is 2. The molecule has 3 aromatic rings. The molecule has 5 heterocycles. The highest BCUT2D eigenvalue weighted by molar-refractivity contribution is 5.70. The molecule has 148 valence electrons. The number of nitrogens with zero attached hydrogens (tertiary/aromatic N) is 5. The van der Waals surface area contributed by atoms with Crippen molar-refractivity contribution in [2.24, 2.45) is 0 Å². The molecule has 0 spiro atoms. The van der Waals surface area contributed by atoms with Gasteiger partial charge in [-0.1, -0.05) is 6.08 Å². The van der Waals surface area contributed by atoms with Crippen LogP contribution < -0.4 is 15.0 Å². The normalized spacial score (nSPS) is 20.1. The first-order chi connectivity index (χ1) is 14.2. The Morgan fingerprint density at radius 2 is 2.03 bits per heavy atom. The van der Waals surface area contributed by atoms with E-state index in [1.807, 2.05) is 30.5 Å². The average Bonchev–Trinajstić information content (AvgIpc) is 3.42. The van der Waals surface area contributed by atoms with E-state index in [9.17, 15) is 0 Å². The minimum atomic E-state index is 0.447. The molecule has 8 heteroatoms. The maximum atomic E-state index is 5.48. The van der Waals surface area contributed by atoms with Gasteiger partial charge >= 0.3 is 0 Å². The molecule has 2 aliphatic heterocycles. The number of aromatic amines is 1. The molecular formula is C21H23N7O. The van der Waals surface area contributed by atoms with Crippen molar-refractivity contribution in [2.45, 2.75) is 31.3 Å². The largest absolute Gasteiger partial charge is 0.481 e. The van der Waals surface area contributed by atoms with Gasteiger partial charge in [0.2, 0.25) is 5.88 Å². The maximum absolute atomic E-state index is 5.48. The molecule has 29 heavy (non-hydrogen) atoms. The summed E-state index contributed by atoms with van der Waals surface area (Å²) in [5.41, 5.74) is 4.60. The van der Waals surface area contributed by atoms with Crippen molar-refractivity contribution in [3.63, 3.8) is 0 Å². The van der Waals surface area contributed by atoms with Crippen LogP contribution in [0.15, 0.2) is 48.4 Å². The van der Waals surface area contributed by atoms with Crippen molar-refractivity contribution in [1.82, 2.24) is 30.7 Å². The van der Waals surface area contributed by atoms with Crippen molar-refractivity contribution in [2.75, 3.05) is 19.1 Å². The van der Waals surface area contributed by atoms with Crippen LogP contribution in [0, 0.1) is 0 Å². The molecule has 2 atom stereocenters. The number of aromatic nitrogens is 5. The fraction of sp³-hybridized carbons (Fsp3) is 0.333. The predicted octanol–water partition coefficient (Wildman–Crippen LogP) is 2.78. The minimum absolute atomic E-state index is 0.447. The van der Waals surface area contributed by atoms with Crippen LogP contribution in [0.1, 0.15) is 19.3 Å². The first-order valence-corrected chi connectivity index (χ1v) is 9.78. The van der Waals surface area contributed by atoms with Crippen LogP contribution in [0.5, 0.6) is 5.88 Å². The number of anilines is 1. The Morgan fingerprint density at radius 3 is 2.76 bits per heavy atom. The Balaban J connectivity index is 1.37. The summed E-state index contributed by atoms with van der Waals surface area (Å²) < 4.78 is 5.48. The van der Waals surface area contributed by atoms with Gasteiger partial charge < -0.3 is 15.0 Å². The zero-order chi connectivity index (χ0) is 19.8. The lowest BCUT2D eigenvalue weighted by molar-refractivity contribution is 0.400. The predicted molar refractivity (Wildman–Crippen MR) is 110 cm³/mol. The molecule has 1 fully saturated rings. The van der Waals surface area contributed by atoms with Gasteiger partial charge in [0.15, 0.2) is 5.82 Å². The quantitative estimate of drug-likeness (QED) is 0.693. The van der Waals surface area contributed by atoms with E-state index in [2.05, 4.69) is 48.7 Å². The van der Waals surface area contributed by atoms with E-state index in [0.717, 1.165) is 41.9 Å². The summed E-state index contributed by atoms with van der Waals surface area (Å²) in [7, 11) is 3.71. The highest BCUT2D eigenvalue weighted by Gasteiger charge is 2.30. The summed E-state index contributed by atoms with van der Waals surface area (Å²) in [6.45, 7) is 0. The number of pyridine rings is 1.